The molecule has 0 spiro atoms. The minimum absolute atomic E-state index is 0.134. The van der Waals surface area contributed by atoms with Gasteiger partial charge in [-0.15, -0.1) is 0 Å². The van der Waals surface area contributed by atoms with Crippen LogP contribution in [0.15, 0.2) is 30.9 Å². The number of pyridine rings is 1. The van der Waals surface area contributed by atoms with Crippen LogP contribution in [0.2, 0.25) is 0 Å². The minimum Gasteiger partial charge on any atom is -0.478 e. The third-order valence-electron chi connectivity index (χ3n) is 3.92. The molecule has 20 heavy (non-hydrogen) atoms. The molecule has 0 aromatic carbocycles. The second-order valence-corrected chi connectivity index (χ2v) is 5.42. The lowest BCUT2D eigenvalue weighted by atomic mass is 9.86. The van der Waals surface area contributed by atoms with Gasteiger partial charge in [-0.2, -0.15) is 0 Å². The van der Waals surface area contributed by atoms with Gasteiger partial charge >= 0.3 is 0 Å². The molecule has 5 heteroatoms. The zero-order valence-corrected chi connectivity index (χ0v) is 12.0. The van der Waals surface area contributed by atoms with Crippen LogP contribution >= 0.6 is 0 Å². The lowest BCUT2D eigenvalue weighted by Gasteiger charge is -2.24. The fourth-order valence-corrected chi connectivity index (χ4v) is 2.73. The van der Waals surface area contributed by atoms with Crippen molar-refractivity contribution in [2.45, 2.75) is 25.7 Å². The van der Waals surface area contributed by atoms with Crippen LogP contribution in [0.1, 0.15) is 26.0 Å². The summed E-state index contributed by atoms with van der Waals surface area (Å²) in [6.07, 6.45) is 6.78. The van der Waals surface area contributed by atoms with Crippen LogP contribution in [-0.4, -0.2) is 34.2 Å². The molecule has 106 valence electrons. The second kappa shape index (κ2) is 5.25. The summed E-state index contributed by atoms with van der Waals surface area (Å²) in [5.74, 6) is 0.659. The van der Waals surface area contributed by atoms with Crippen LogP contribution in [0.5, 0.6) is 5.88 Å². The molecule has 5 nitrogen and oxygen atoms in total. The van der Waals surface area contributed by atoms with Gasteiger partial charge in [0.1, 0.15) is 0 Å². The monoisotopic (exact) mass is 272 g/mol. The van der Waals surface area contributed by atoms with Crippen molar-refractivity contribution in [3.05, 3.63) is 36.5 Å². The third kappa shape index (κ3) is 2.29. The second-order valence-electron chi connectivity index (χ2n) is 5.42. The minimum atomic E-state index is 0.134. The van der Waals surface area contributed by atoms with Gasteiger partial charge in [-0.1, -0.05) is 6.92 Å². The zero-order valence-electron chi connectivity index (χ0n) is 12.0. The van der Waals surface area contributed by atoms with E-state index < -0.39 is 0 Å². The van der Waals surface area contributed by atoms with Gasteiger partial charge in [0.2, 0.25) is 5.88 Å². The van der Waals surface area contributed by atoms with Crippen molar-refractivity contribution in [1.29, 1.82) is 0 Å². The van der Waals surface area contributed by atoms with Crippen LogP contribution in [-0.2, 0) is 5.41 Å². The van der Waals surface area contributed by atoms with Crippen molar-refractivity contribution < 1.29 is 4.74 Å². The molecule has 1 aliphatic heterocycles. The fraction of sp³-hybridized carbons (Fsp3) is 0.467. The molecular weight excluding hydrogens is 252 g/mol. The summed E-state index contributed by atoms with van der Waals surface area (Å²) >= 11 is 0. The normalized spacial score (nSPS) is 22.1. The molecule has 1 N–H and O–H groups in total. The van der Waals surface area contributed by atoms with Crippen LogP contribution in [0.3, 0.4) is 0 Å². The molecule has 3 rings (SSSR count). The van der Waals surface area contributed by atoms with E-state index in [2.05, 4.69) is 26.8 Å². The Morgan fingerprint density at radius 3 is 2.95 bits per heavy atom. The van der Waals surface area contributed by atoms with E-state index in [4.69, 9.17) is 4.74 Å². The van der Waals surface area contributed by atoms with Gasteiger partial charge in [-0.3, -0.25) is 0 Å². The molecule has 0 aliphatic carbocycles. The number of aromatic nitrogens is 3. The molecule has 1 aliphatic rings. The number of nitrogens with one attached hydrogen (secondary N) is 1. The summed E-state index contributed by atoms with van der Waals surface area (Å²) in [7, 11) is 0. The average Bonchev–Trinajstić information content (AvgIpc) is 3.09. The van der Waals surface area contributed by atoms with Crippen molar-refractivity contribution in [2.24, 2.45) is 0 Å². The first-order valence-electron chi connectivity index (χ1n) is 7.06. The smallest absolute Gasteiger partial charge is 0.213 e. The summed E-state index contributed by atoms with van der Waals surface area (Å²) < 4.78 is 7.50. The standard InChI is InChI=1S/C15H20N4O/c1-3-20-14-5-4-12(8-18-14)19-11-17-9-13(19)15(2)6-7-16-10-15/h4-5,8-9,11,16H,3,6-7,10H2,1-2H3. The highest BCUT2D eigenvalue weighted by Crippen LogP contribution is 2.31. The number of imidazole rings is 1. The Balaban J connectivity index is 1.93. The molecule has 1 saturated heterocycles. The van der Waals surface area contributed by atoms with E-state index in [-0.39, 0.29) is 5.41 Å². The lowest BCUT2D eigenvalue weighted by molar-refractivity contribution is 0.327. The van der Waals surface area contributed by atoms with Crippen LogP contribution < -0.4 is 10.1 Å². The van der Waals surface area contributed by atoms with E-state index in [0.29, 0.717) is 12.5 Å². The summed E-state index contributed by atoms with van der Waals surface area (Å²) in [5.41, 5.74) is 2.39. The number of hydrogen-bond donors (Lipinski definition) is 1. The Labute approximate surface area is 119 Å². The van der Waals surface area contributed by atoms with Crippen molar-refractivity contribution in [3.63, 3.8) is 0 Å². The highest BCUT2D eigenvalue weighted by molar-refractivity contribution is 5.35. The highest BCUT2D eigenvalue weighted by atomic mass is 16.5. The first-order chi connectivity index (χ1) is 9.73. The van der Waals surface area contributed by atoms with Gasteiger partial charge in [0, 0.05) is 29.9 Å². The predicted molar refractivity (Wildman–Crippen MR) is 77.4 cm³/mol. The molecule has 2 aromatic rings. The Morgan fingerprint density at radius 1 is 1.40 bits per heavy atom. The van der Waals surface area contributed by atoms with Gasteiger partial charge in [0.25, 0.3) is 0 Å². The molecule has 0 radical (unpaired) electrons. The Kier molecular flexibility index (Phi) is 3.44. The first kappa shape index (κ1) is 13.1. The molecule has 2 aromatic heterocycles. The van der Waals surface area contributed by atoms with Gasteiger partial charge in [0.15, 0.2) is 0 Å². The quantitative estimate of drug-likeness (QED) is 0.924. The van der Waals surface area contributed by atoms with Gasteiger partial charge < -0.3 is 14.6 Å². The highest BCUT2D eigenvalue weighted by Gasteiger charge is 2.33. The molecule has 0 bridgehead atoms. The number of ether oxygens (including phenoxy) is 1. The molecule has 0 saturated carbocycles. The summed E-state index contributed by atoms with van der Waals surface area (Å²) in [6.45, 7) is 6.92. The molecule has 3 heterocycles. The van der Waals surface area contributed by atoms with Crippen molar-refractivity contribution >= 4 is 0 Å². The summed E-state index contributed by atoms with van der Waals surface area (Å²) in [4.78, 5) is 8.65. The van der Waals surface area contributed by atoms with Crippen molar-refractivity contribution in [2.75, 3.05) is 19.7 Å². The molecular formula is C15H20N4O. The Bertz CT molecular complexity index is 570. The SMILES string of the molecule is CCOc1ccc(-n2cncc2C2(C)CCNC2)cn1. The van der Waals surface area contributed by atoms with Gasteiger partial charge in [-0.25, -0.2) is 9.97 Å². The topological polar surface area (TPSA) is 52.0 Å². The van der Waals surface area contributed by atoms with Gasteiger partial charge in [0.05, 0.1) is 24.8 Å². The van der Waals surface area contributed by atoms with Crippen LogP contribution in [0, 0.1) is 0 Å². The molecule has 0 amide bonds. The van der Waals surface area contributed by atoms with Crippen LogP contribution in [0.25, 0.3) is 5.69 Å². The lowest BCUT2D eigenvalue weighted by Crippen LogP contribution is -2.27. The van der Waals surface area contributed by atoms with E-state index in [1.165, 1.54) is 5.69 Å². The molecule has 1 fully saturated rings. The maximum absolute atomic E-state index is 5.38. The average molecular weight is 272 g/mol. The fourth-order valence-electron chi connectivity index (χ4n) is 2.73. The maximum atomic E-state index is 5.38. The summed E-state index contributed by atoms with van der Waals surface area (Å²) in [5, 5.41) is 3.43. The van der Waals surface area contributed by atoms with E-state index in [0.717, 1.165) is 25.2 Å². The number of nitrogens with zero attached hydrogens (tertiary/aromatic N) is 3. The predicted octanol–water partition coefficient (Wildman–Crippen LogP) is 1.92. The maximum Gasteiger partial charge on any atom is 0.213 e. The van der Waals surface area contributed by atoms with Gasteiger partial charge in [-0.05, 0) is 26.0 Å². The van der Waals surface area contributed by atoms with E-state index >= 15 is 0 Å². The summed E-state index contributed by atoms with van der Waals surface area (Å²) in [6, 6.07) is 3.92. The van der Waals surface area contributed by atoms with E-state index in [1.54, 1.807) is 0 Å². The molecule has 1 atom stereocenters. The largest absolute Gasteiger partial charge is 0.478 e. The Morgan fingerprint density at radius 2 is 2.30 bits per heavy atom. The van der Waals surface area contributed by atoms with Crippen molar-refractivity contribution in [3.8, 4) is 11.6 Å². The van der Waals surface area contributed by atoms with E-state index in [1.807, 2.05) is 37.8 Å². The van der Waals surface area contributed by atoms with Crippen molar-refractivity contribution in [1.82, 2.24) is 19.9 Å². The number of hydrogen-bond acceptors (Lipinski definition) is 4. The Hall–Kier alpha value is -1.88. The zero-order chi connectivity index (χ0) is 14.0. The molecule has 1 unspecified atom stereocenters. The first-order valence-corrected chi connectivity index (χ1v) is 7.06. The third-order valence-corrected chi connectivity index (χ3v) is 3.92. The van der Waals surface area contributed by atoms with E-state index in [9.17, 15) is 0 Å². The number of rotatable bonds is 4. The van der Waals surface area contributed by atoms with Crippen LogP contribution in [0.4, 0.5) is 0 Å².